The normalized spacial score (nSPS) is 17.5. The van der Waals surface area contributed by atoms with Gasteiger partial charge in [-0.3, -0.25) is 19.5 Å². The minimum Gasteiger partial charge on any atom is -0.337 e. The number of aromatic nitrogens is 2. The molecule has 1 saturated heterocycles. The molecule has 0 spiro atoms. The molecule has 1 amide bonds. The van der Waals surface area contributed by atoms with E-state index >= 15 is 0 Å². The second kappa shape index (κ2) is 7.63. The van der Waals surface area contributed by atoms with Crippen molar-refractivity contribution in [1.29, 1.82) is 0 Å². The predicted octanol–water partition coefficient (Wildman–Crippen LogP) is 0.322. The Kier molecular flexibility index (Phi) is 5.80. The van der Waals surface area contributed by atoms with Crippen LogP contribution in [0.1, 0.15) is 13.3 Å². The third kappa shape index (κ3) is 3.52. The molecule has 2 heterocycles. The molecule has 0 unspecified atom stereocenters. The number of carbonyl (C=O) groups excluding carboxylic acids is 1. The monoisotopic (exact) mass is 352 g/mol. The molecular weight excluding hydrogens is 332 g/mol. The fraction of sp³-hybridized carbons (Fsp3) is 0.438. The van der Waals surface area contributed by atoms with Crippen LogP contribution in [0.25, 0.3) is 10.8 Å². The number of carbonyl (C=O) groups is 1. The Morgan fingerprint density at radius 2 is 1.96 bits per heavy atom. The second-order valence-electron chi connectivity index (χ2n) is 5.83. The van der Waals surface area contributed by atoms with Crippen LogP contribution in [0.15, 0.2) is 33.9 Å². The maximum atomic E-state index is 12.4. The maximum absolute atomic E-state index is 12.4. The summed E-state index contributed by atoms with van der Waals surface area (Å²) in [6, 6.07) is 6.83. The van der Waals surface area contributed by atoms with Gasteiger partial charge in [0.25, 0.3) is 11.1 Å². The molecule has 8 heteroatoms. The van der Waals surface area contributed by atoms with Gasteiger partial charge in [-0.25, -0.2) is 4.68 Å². The first-order chi connectivity index (χ1) is 11.1. The molecule has 1 aliphatic rings. The van der Waals surface area contributed by atoms with Crippen molar-refractivity contribution >= 4 is 29.1 Å². The number of amides is 1. The van der Waals surface area contributed by atoms with Crippen molar-refractivity contribution in [2.75, 3.05) is 19.6 Å². The highest BCUT2D eigenvalue weighted by Gasteiger charge is 2.22. The number of benzene rings is 1. The topological polar surface area (TPSA) is 87.2 Å². The van der Waals surface area contributed by atoms with Gasteiger partial charge in [-0.15, -0.1) is 12.4 Å². The molecule has 0 saturated carbocycles. The highest BCUT2D eigenvalue weighted by Crippen LogP contribution is 2.06. The fourth-order valence-corrected chi connectivity index (χ4v) is 2.97. The van der Waals surface area contributed by atoms with Gasteiger partial charge in [0.2, 0.25) is 5.91 Å². The number of nitrogens with one attached hydrogen (secondary N) is 2. The number of rotatable bonds is 3. The van der Waals surface area contributed by atoms with Gasteiger partial charge in [-0.05, 0) is 19.1 Å². The van der Waals surface area contributed by atoms with Crippen LogP contribution in [0.3, 0.4) is 0 Å². The first kappa shape index (κ1) is 18.2. The molecule has 1 fully saturated rings. The maximum Gasteiger partial charge on any atom is 0.273 e. The van der Waals surface area contributed by atoms with Gasteiger partial charge in [-0.1, -0.05) is 12.1 Å². The van der Waals surface area contributed by atoms with Crippen molar-refractivity contribution in [3.63, 3.8) is 0 Å². The summed E-state index contributed by atoms with van der Waals surface area (Å²) < 4.78 is 1.23. The van der Waals surface area contributed by atoms with E-state index in [4.69, 9.17) is 0 Å². The van der Waals surface area contributed by atoms with E-state index in [2.05, 4.69) is 10.4 Å². The van der Waals surface area contributed by atoms with E-state index < -0.39 is 0 Å². The number of piperazine rings is 1. The average molecular weight is 353 g/mol. The molecule has 0 bridgehead atoms. The zero-order valence-electron chi connectivity index (χ0n) is 13.4. The second-order valence-corrected chi connectivity index (χ2v) is 5.83. The van der Waals surface area contributed by atoms with Gasteiger partial charge in [-0.2, -0.15) is 0 Å². The number of fused-ring (bicyclic) bond motifs is 1. The van der Waals surface area contributed by atoms with Crippen molar-refractivity contribution < 1.29 is 4.79 Å². The van der Waals surface area contributed by atoms with Crippen molar-refractivity contribution in [3.8, 4) is 0 Å². The van der Waals surface area contributed by atoms with Gasteiger partial charge in [0.15, 0.2) is 0 Å². The number of hydrogen-bond acceptors (Lipinski definition) is 4. The molecule has 1 aromatic carbocycles. The Hall–Kier alpha value is -2.12. The largest absolute Gasteiger partial charge is 0.337 e. The van der Waals surface area contributed by atoms with E-state index in [0.29, 0.717) is 17.3 Å². The minimum atomic E-state index is -0.316. The van der Waals surface area contributed by atoms with Crippen LogP contribution < -0.4 is 16.4 Å². The standard InChI is InChI=1S/C16H20N4O3.ClH/c1-11-10-17-7-9-19(11)14(21)6-8-20-16(23)13-5-3-2-4-12(13)15(22)18-20;/h2-5,11,17H,6-10H2,1H3,(H,18,22);1H/t11-;/m0./s1. The van der Waals surface area contributed by atoms with E-state index in [-0.39, 0.29) is 48.4 Å². The quantitative estimate of drug-likeness (QED) is 0.833. The van der Waals surface area contributed by atoms with E-state index in [1.807, 2.05) is 11.8 Å². The number of nitrogens with zero attached hydrogens (tertiary/aromatic N) is 2. The highest BCUT2D eigenvalue weighted by atomic mass is 35.5. The van der Waals surface area contributed by atoms with E-state index in [1.54, 1.807) is 24.3 Å². The third-order valence-electron chi connectivity index (χ3n) is 4.25. The summed E-state index contributed by atoms with van der Waals surface area (Å²) in [5.74, 6) is -0.0000856. The average Bonchev–Trinajstić information content (AvgIpc) is 2.57. The van der Waals surface area contributed by atoms with Crippen LogP contribution in [0, 0.1) is 0 Å². The van der Waals surface area contributed by atoms with Crippen LogP contribution in [-0.2, 0) is 11.3 Å². The van der Waals surface area contributed by atoms with Gasteiger partial charge in [0.1, 0.15) is 0 Å². The summed E-state index contributed by atoms with van der Waals surface area (Å²) in [5.41, 5.74) is -0.593. The van der Waals surface area contributed by atoms with Crippen molar-refractivity contribution in [2.24, 2.45) is 0 Å². The zero-order chi connectivity index (χ0) is 16.4. The lowest BCUT2D eigenvalue weighted by Gasteiger charge is -2.34. The molecule has 2 aromatic rings. The predicted molar refractivity (Wildman–Crippen MR) is 94.7 cm³/mol. The lowest BCUT2D eigenvalue weighted by Crippen LogP contribution is -2.52. The molecule has 7 nitrogen and oxygen atoms in total. The molecule has 0 radical (unpaired) electrons. The van der Waals surface area contributed by atoms with Crippen LogP contribution in [0.4, 0.5) is 0 Å². The summed E-state index contributed by atoms with van der Waals surface area (Å²) in [5, 5.41) is 6.53. The molecule has 1 aliphatic heterocycles. The third-order valence-corrected chi connectivity index (χ3v) is 4.25. The molecule has 3 rings (SSSR count). The van der Waals surface area contributed by atoms with Gasteiger partial charge in [0.05, 0.1) is 17.3 Å². The van der Waals surface area contributed by atoms with Crippen molar-refractivity contribution in [1.82, 2.24) is 20.0 Å². The van der Waals surface area contributed by atoms with Gasteiger partial charge < -0.3 is 10.2 Å². The Labute approximate surface area is 145 Å². The van der Waals surface area contributed by atoms with Crippen molar-refractivity contribution in [3.05, 3.63) is 45.0 Å². The Morgan fingerprint density at radius 1 is 1.25 bits per heavy atom. The van der Waals surface area contributed by atoms with E-state index in [1.165, 1.54) is 4.68 Å². The number of aryl methyl sites for hydroxylation is 1. The Bertz CT molecular complexity index is 845. The first-order valence-electron chi connectivity index (χ1n) is 7.80. The first-order valence-corrected chi connectivity index (χ1v) is 7.80. The number of aromatic amines is 1. The summed E-state index contributed by atoms with van der Waals surface area (Å²) in [6.45, 7) is 4.40. The number of H-pyrrole nitrogens is 1. The van der Waals surface area contributed by atoms with E-state index in [0.717, 1.165) is 13.1 Å². The van der Waals surface area contributed by atoms with Crippen LogP contribution in [-0.4, -0.2) is 46.3 Å². The van der Waals surface area contributed by atoms with Crippen LogP contribution in [0.2, 0.25) is 0 Å². The lowest BCUT2D eigenvalue weighted by atomic mass is 10.2. The van der Waals surface area contributed by atoms with Gasteiger partial charge >= 0.3 is 0 Å². The summed E-state index contributed by atoms with van der Waals surface area (Å²) >= 11 is 0. The van der Waals surface area contributed by atoms with Crippen molar-refractivity contribution in [2.45, 2.75) is 25.9 Å². The smallest absolute Gasteiger partial charge is 0.273 e. The molecule has 130 valence electrons. The number of halogens is 1. The molecule has 1 aromatic heterocycles. The number of hydrogen-bond donors (Lipinski definition) is 2. The summed E-state index contributed by atoms with van der Waals surface area (Å²) in [6.07, 6.45) is 0.193. The van der Waals surface area contributed by atoms with Crippen LogP contribution in [0.5, 0.6) is 0 Å². The molecule has 2 N–H and O–H groups in total. The zero-order valence-corrected chi connectivity index (χ0v) is 14.3. The van der Waals surface area contributed by atoms with Crippen LogP contribution >= 0.6 is 12.4 Å². The SMILES string of the molecule is C[C@H]1CNCCN1C(=O)CCn1[nH]c(=O)c2ccccc2c1=O.Cl. The fourth-order valence-electron chi connectivity index (χ4n) is 2.97. The molecule has 1 atom stereocenters. The highest BCUT2D eigenvalue weighted by molar-refractivity contribution is 5.85. The molecule has 24 heavy (non-hydrogen) atoms. The lowest BCUT2D eigenvalue weighted by molar-refractivity contribution is -0.134. The summed E-state index contributed by atoms with van der Waals surface area (Å²) in [4.78, 5) is 38.6. The van der Waals surface area contributed by atoms with Gasteiger partial charge in [0, 0.05) is 32.1 Å². The van der Waals surface area contributed by atoms with E-state index in [9.17, 15) is 14.4 Å². The molecule has 0 aliphatic carbocycles. The Balaban J connectivity index is 0.00000208. The minimum absolute atomic E-state index is 0. The Morgan fingerprint density at radius 3 is 2.67 bits per heavy atom. The summed E-state index contributed by atoms with van der Waals surface area (Å²) in [7, 11) is 0. The molecular formula is C16H21ClN4O3.